The lowest BCUT2D eigenvalue weighted by molar-refractivity contribution is -0.137. The number of piperazine rings is 1. The highest BCUT2D eigenvalue weighted by atomic mass is 16.5. The Morgan fingerprint density at radius 2 is 1.61 bits per heavy atom. The van der Waals surface area contributed by atoms with E-state index in [1.807, 2.05) is 65.6 Å². The minimum Gasteiger partial charge on any atom is -0.453 e. The molecule has 2 fully saturated rings. The van der Waals surface area contributed by atoms with Crippen molar-refractivity contribution in [1.82, 2.24) is 14.7 Å². The first-order valence-electron chi connectivity index (χ1n) is 11.7. The molecule has 2 amide bonds. The van der Waals surface area contributed by atoms with Crippen molar-refractivity contribution in [2.45, 2.75) is 30.9 Å². The number of amides is 2. The van der Waals surface area contributed by atoms with E-state index in [4.69, 9.17) is 4.74 Å². The first-order valence-corrected chi connectivity index (χ1v) is 11.7. The highest BCUT2D eigenvalue weighted by Crippen LogP contribution is 2.29. The van der Waals surface area contributed by atoms with Crippen LogP contribution in [0.3, 0.4) is 0 Å². The van der Waals surface area contributed by atoms with Crippen LogP contribution in [0.2, 0.25) is 0 Å². The summed E-state index contributed by atoms with van der Waals surface area (Å²) < 4.78 is 4.96. The molecule has 2 heterocycles. The normalized spacial score (nSPS) is 21.8. The Morgan fingerprint density at radius 1 is 0.970 bits per heavy atom. The number of β-amino-alcohol motifs (C(OH)–C–C–N with tert-alkyl or cyclic N) is 1. The molecule has 2 aliphatic heterocycles. The standard InChI is InChI=1S/C26H33N3O4/c1-33-26(32)28-15-16-29(22(18-28)17-27-14-8-13-23(30)19-27)25(31)24(20-9-4-2-5-10-20)21-11-6-3-7-12-21/h2-7,9-12,22-24,30H,8,13-19H2,1H3/t22-,23+/m1/s1. The van der Waals surface area contributed by atoms with Gasteiger partial charge in [-0.1, -0.05) is 60.7 Å². The van der Waals surface area contributed by atoms with E-state index >= 15 is 0 Å². The number of nitrogens with zero attached hydrogens (tertiary/aromatic N) is 3. The van der Waals surface area contributed by atoms with Gasteiger partial charge in [0.15, 0.2) is 0 Å². The molecular weight excluding hydrogens is 418 g/mol. The average Bonchev–Trinajstić information content (AvgIpc) is 2.85. The van der Waals surface area contributed by atoms with Crippen LogP contribution >= 0.6 is 0 Å². The average molecular weight is 452 g/mol. The molecule has 0 saturated carbocycles. The molecule has 2 aromatic rings. The molecule has 0 radical (unpaired) electrons. The topological polar surface area (TPSA) is 73.3 Å². The maximum absolute atomic E-state index is 14.1. The van der Waals surface area contributed by atoms with Crippen molar-refractivity contribution in [3.8, 4) is 0 Å². The molecule has 0 spiro atoms. The summed E-state index contributed by atoms with van der Waals surface area (Å²) in [5, 5.41) is 10.1. The number of aliphatic hydroxyl groups excluding tert-OH is 1. The second-order valence-corrected chi connectivity index (χ2v) is 8.91. The molecule has 2 aromatic carbocycles. The van der Waals surface area contributed by atoms with Gasteiger partial charge in [-0.2, -0.15) is 0 Å². The summed E-state index contributed by atoms with van der Waals surface area (Å²) in [6.07, 6.45) is 1.03. The van der Waals surface area contributed by atoms with E-state index in [1.165, 1.54) is 7.11 Å². The van der Waals surface area contributed by atoms with Crippen LogP contribution in [-0.2, 0) is 9.53 Å². The van der Waals surface area contributed by atoms with Crippen LogP contribution in [0.15, 0.2) is 60.7 Å². The second kappa shape index (κ2) is 10.8. The zero-order chi connectivity index (χ0) is 23.2. The summed E-state index contributed by atoms with van der Waals surface area (Å²) in [4.78, 5) is 32.2. The van der Waals surface area contributed by atoms with Crippen molar-refractivity contribution in [2.75, 3.05) is 46.4 Å². The van der Waals surface area contributed by atoms with Gasteiger partial charge in [0, 0.05) is 32.7 Å². The van der Waals surface area contributed by atoms with Crippen LogP contribution < -0.4 is 0 Å². The number of methoxy groups -OCH3 is 1. The Hall–Kier alpha value is -2.90. The maximum Gasteiger partial charge on any atom is 0.409 e. The SMILES string of the molecule is COC(=O)N1CCN(C(=O)C(c2ccccc2)c2ccccc2)[C@H](CN2CCC[C@H](O)C2)C1. The van der Waals surface area contributed by atoms with E-state index in [2.05, 4.69) is 4.90 Å². The Labute approximate surface area is 195 Å². The predicted octanol–water partition coefficient (Wildman–Crippen LogP) is 2.55. The van der Waals surface area contributed by atoms with Crippen LogP contribution in [0.1, 0.15) is 29.9 Å². The van der Waals surface area contributed by atoms with E-state index in [-0.39, 0.29) is 24.1 Å². The van der Waals surface area contributed by atoms with Gasteiger partial charge >= 0.3 is 6.09 Å². The lowest BCUT2D eigenvalue weighted by Crippen LogP contribution is -2.61. The summed E-state index contributed by atoms with van der Waals surface area (Å²) in [7, 11) is 1.39. The highest BCUT2D eigenvalue weighted by Gasteiger charge is 2.38. The molecule has 7 heteroatoms. The minimum atomic E-state index is -0.411. The van der Waals surface area contributed by atoms with Crippen molar-refractivity contribution < 1.29 is 19.4 Å². The molecule has 176 valence electrons. The zero-order valence-corrected chi connectivity index (χ0v) is 19.2. The van der Waals surface area contributed by atoms with Crippen molar-refractivity contribution >= 4 is 12.0 Å². The van der Waals surface area contributed by atoms with E-state index < -0.39 is 5.92 Å². The second-order valence-electron chi connectivity index (χ2n) is 8.91. The number of aliphatic hydroxyl groups is 1. The van der Waals surface area contributed by atoms with Gasteiger partial charge < -0.3 is 19.6 Å². The predicted molar refractivity (Wildman–Crippen MR) is 126 cm³/mol. The summed E-state index contributed by atoms with van der Waals surface area (Å²) >= 11 is 0. The van der Waals surface area contributed by atoms with Gasteiger partial charge in [-0.05, 0) is 30.5 Å². The summed E-state index contributed by atoms with van der Waals surface area (Å²) in [6, 6.07) is 19.6. The summed E-state index contributed by atoms with van der Waals surface area (Å²) in [6.45, 7) is 3.40. The fraction of sp³-hybridized carbons (Fsp3) is 0.462. The Balaban J connectivity index is 1.62. The third-order valence-corrected chi connectivity index (χ3v) is 6.66. The number of benzene rings is 2. The number of hydrogen-bond acceptors (Lipinski definition) is 5. The first-order chi connectivity index (χ1) is 16.1. The Morgan fingerprint density at radius 3 is 2.18 bits per heavy atom. The fourth-order valence-corrected chi connectivity index (χ4v) is 5.03. The zero-order valence-electron chi connectivity index (χ0n) is 19.2. The van der Waals surface area contributed by atoms with Crippen molar-refractivity contribution in [2.24, 2.45) is 0 Å². The molecule has 1 N–H and O–H groups in total. The largest absolute Gasteiger partial charge is 0.453 e. The van der Waals surface area contributed by atoms with Crippen molar-refractivity contribution in [3.63, 3.8) is 0 Å². The smallest absolute Gasteiger partial charge is 0.409 e. The van der Waals surface area contributed by atoms with Crippen molar-refractivity contribution in [3.05, 3.63) is 71.8 Å². The fourth-order valence-electron chi connectivity index (χ4n) is 5.03. The van der Waals surface area contributed by atoms with Gasteiger partial charge in [0.1, 0.15) is 0 Å². The molecule has 2 saturated heterocycles. The van der Waals surface area contributed by atoms with Crippen molar-refractivity contribution in [1.29, 1.82) is 0 Å². The molecule has 7 nitrogen and oxygen atoms in total. The van der Waals surface area contributed by atoms with Gasteiger partial charge in [-0.25, -0.2) is 4.79 Å². The highest BCUT2D eigenvalue weighted by molar-refractivity contribution is 5.87. The third kappa shape index (κ3) is 5.54. The number of carbonyl (C=O) groups is 2. The molecule has 2 atom stereocenters. The number of carbonyl (C=O) groups excluding carboxylic acids is 2. The van der Waals surface area contributed by atoms with Gasteiger partial charge in [0.25, 0.3) is 0 Å². The first kappa shape index (κ1) is 23.3. The summed E-state index contributed by atoms with van der Waals surface area (Å²) in [5.74, 6) is -0.369. The Bertz CT molecular complexity index is 884. The molecule has 0 bridgehead atoms. The molecular formula is C26H33N3O4. The Kier molecular flexibility index (Phi) is 7.62. The molecule has 4 rings (SSSR count). The quantitative estimate of drug-likeness (QED) is 0.757. The summed E-state index contributed by atoms with van der Waals surface area (Å²) in [5.41, 5.74) is 1.91. The van der Waals surface area contributed by atoms with Gasteiger partial charge in [0.2, 0.25) is 5.91 Å². The third-order valence-electron chi connectivity index (χ3n) is 6.66. The molecule has 33 heavy (non-hydrogen) atoms. The molecule has 0 aliphatic carbocycles. The van der Waals surface area contributed by atoms with Gasteiger partial charge in [0.05, 0.1) is 25.2 Å². The number of rotatable bonds is 5. The molecule has 0 aromatic heterocycles. The van der Waals surface area contributed by atoms with E-state index in [0.29, 0.717) is 32.7 Å². The van der Waals surface area contributed by atoms with Crippen LogP contribution in [0.25, 0.3) is 0 Å². The van der Waals surface area contributed by atoms with Crippen LogP contribution in [0.5, 0.6) is 0 Å². The maximum atomic E-state index is 14.1. The minimum absolute atomic E-state index is 0.0412. The van der Waals surface area contributed by atoms with Gasteiger partial charge in [-0.3, -0.25) is 9.69 Å². The molecule has 2 aliphatic rings. The van der Waals surface area contributed by atoms with Crippen LogP contribution in [-0.4, -0.2) is 90.3 Å². The van der Waals surface area contributed by atoms with Gasteiger partial charge in [-0.15, -0.1) is 0 Å². The lowest BCUT2D eigenvalue weighted by atomic mass is 9.89. The molecule has 0 unspecified atom stereocenters. The van der Waals surface area contributed by atoms with Crippen LogP contribution in [0.4, 0.5) is 4.79 Å². The van der Waals surface area contributed by atoms with Crippen LogP contribution in [0, 0.1) is 0 Å². The monoisotopic (exact) mass is 451 g/mol. The number of piperidine rings is 1. The number of likely N-dealkylation sites (tertiary alicyclic amines) is 1. The van der Waals surface area contributed by atoms with E-state index in [0.717, 1.165) is 30.5 Å². The van der Waals surface area contributed by atoms with E-state index in [1.54, 1.807) is 4.90 Å². The number of hydrogen-bond donors (Lipinski definition) is 1. The van der Waals surface area contributed by atoms with E-state index in [9.17, 15) is 14.7 Å². The lowest BCUT2D eigenvalue weighted by Gasteiger charge is -2.44. The number of ether oxygens (including phenoxy) is 1.